The Kier molecular flexibility index (Phi) is 4.08. The number of fused-ring (bicyclic) bond motifs is 2. The van der Waals surface area contributed by atoms with Crippen molar-refractivity contribution in [1.29, 1.82) is 0 Å². The number of hydrogen-bond acceptors (Lipinski definition) is 4. The number of aromatic amines is 1. The summed E-state index contributed by atoms with van der Waals surface area (Å²) in [5.41, 5.74) is 0.998. The molecule has 4 rings (SSSR count). The Labute approximate surface area is 139 Å². The van der Waals surface area contributed by atoms with Crippen molar-refractivity contribution in [2.45, 2.75) is 36.9 Å². The van der Waals surface area contributed by atoms with Crippen LogP contribution in [0, 0.1) is 11.8 Å². The molecule has 1 aromatic carbocycles. The van der Waals surface area contributed by atoms with Gasteiger partial charge in [-0.05, 0) is 31.1 Å². The van der Waals surface area contributed by atoms with Crippen LogP contribution in [-0.2, 0) is 4.79 Å². The normalized spacial score (nSPS) is 25.7. The fourth-order valence-electron chi connectivity index (χ4n) is 3.84. The fourth-order valence-corrected chi connectivity index (χ4v) is 4.45. The third-order valence-corrected chi connectivity index (χ3v) is 5.78. The van der Waals surface area contributed by atoms with Gasteiger partial charge in [-0.1, -0.05) is 48.5 Å². The molecule has 0 spiro atoms. The quantitative estimate of drug-likeness (QED) is 0.828. The van der Waals surface area contributed by atoms with Gasteiger partial charge in [-0.15, -0.1) is 5.10 Å². The second kappa shape index (κ2) is 6.35. The van der Waals surface area contributed by atoms with E-state index in [0.29, 0.717) is 22.9 Å². The first-order chi connectivity index (χ1) is 11.3. The van der Waals surface area contributed by atoms with Crippen LogP contribution in [0.25, 0.3) is 11.4 Å². The van der Waals surface area contributed by atoms with E-state index < -0.39 is 0 Å². The van der Waals surface area contributed by atoms with Crippen molar-refractivity contribution >= 4 is 17.7 Å². The number of benzene rings is 1. The van der Waals surface area contributed by atoms with Crippen LogP contribution in [0.4, 0.5) is 0 Å². The van der Waals surface area contributed by atoms with Crippen LogP contribution < -0.4 is 5.32 Å². The third-order valence-electron chi connectivity index (χ3n) is 4.93. The highest BCUT2D eigenvalue weighted by Gasteiger charge is 2.39. The third kappa shape index (κ3) is 3.27. The van der Waals surface area contributed by atoms with E-state index in [-0.39, 0.29) is 5.91 Å². The van der Waals surface area contributed by atoms with Crippen LogP contribution in [0.5, 0.6) is 0 Å². The molecule has 0 aliphatic heterocycles. The summed E-state index contributed by atoms with van der Waals surface area (Å²) in [7, 11) is 0. The first kappa shape index (κ1) is 14.8. The maximum Gasteiger partial charge on any atom is 0.230 e. The van der Waals surface area contributed by atoms with Gasteiger partial charge < -0.3 is 5.32 Å². The summed E-state index contributed by atoms with van der Waals surface area (Å²) in [6, 6.07) is 10.3. The molecule has 1 aromatic heterocycles. The van der Waals surface area contributed by atoms with Gasteiger partial charge in [0.1, 0.15) is 0 Å². The van der Waals surface area contributed by atoms with E-state index >= 15 is 0 Å². The van der Waals surface area contributed by atoms with E-state index in [1.54, 1.807) is 0 Å². The Morgan fingerprint density at radius 3 is 2.87 bits per heavy atom. The number of rotatable bonds is 5. The Bertz CT molecular complexity index is 687. The molecule has 3 atom stereocenters. The van der Waals surface area contributed by atoms with Gasteiger partial charge in [0.25, 0.3) is 0 Å². The predicted molar refractivity (Wildman–Crippen MR) is 89.9 cm³/mol. The number of thioether (sulfide) groups is 1. The summed E-state index contributed by atoms with van der Waals surface area (Å²) in [6.45, 7) is 0. The smallest absolute Gasteiger partial charge is 0.230 e. The van der Waals surface area contributed by atoms with Crippen molar-refractivity contribution in [3.63, 3.8) is 0 Å². The van der Waals surface area contributed by atoms with E-state index in [1.807, 2.05) is 30.3 Å². The molecule has 2 bridgehead atoms. The van der Waals surface area contributed by atoms with Crippen molar-refractivity contribution in [3.05, 3.63) is 30.3 Å². The number of hydrogen-bond donors (Lipinski definition) is 2. The first-order valence-corrected chi connectivity index (χ1v) is 9.16. The highest BCUT2D eigenvalue weighted by Crippen LogP contribution is 2.44. The molecule has 0 saturated heterocycles. The molecule has 2 aliphatic carbocycles. The highest BCUT2D eigenvalue weighted by atomic mass is 32.2. The van der Waals surface area contributed by atoms with Gasteiger partial charge >= 0.3 is 0 Å². The number of amides is 1. The van der Waals surface area contributed by atoms with Gasteiger partial charge in [-0.2, -0.15) is 0 Å². The van der Waals surface area contributed by atoms with Crippen molar-refractivity contribution < 1.29 is 4.79 Å². The molecule has 2 saturated carbocycles. The Morgan fingerprint density at radius 2 is 2.13 bits per heavy atom. The zero-order valence-corrected chi connectivity index (χ0v) is 13.7. The maximum atomic E-state index is 12.1. The van der Waals surface area contributed by atoms with Crippen molar-refractivity contribution in [3.8, 4) is 11.4 Å². The average molecular weight is 328 g/mol. The summed E-state index contributed by atoms with van der Waals surface area (Å²) in [5, 5.41) is 10.9. The standard InChI is InChI=1S/C17H20N4OS/c22-15(18-14-9-11-6-7-13(14)8-11)10-23-17-19-16(20-21-17)12-4-2-1-3-5-12/h1-5,11,13-14H,6-10H2,(H,18,22)(H,19,20,21). The molecule has 0 radical (unpaired) electrons. The number of nitrogens with one attached hydrogen (secondary N) is 2. The van der Waals surface area contributed by atoms with Crippen LogP contribution in [0.15, 0.2) is 35.5 Å². The van der Waals surface area contributed by atoms with E-state index in [2.05, 4.69) is 20.5 Å². The Morgan fingerprint density at radius 1 is 1.26 bits per heavy atom. The minimum absolute atomic E-state index is 0.0959. The minimum Gasteiger partial charge on any atom is -0.352 e. The molecule has 2 aromatic rings. The zero-order chi connectivity index (χ0) is 15.6. The monoisotopic (exact) mass is 328 g/mol. The van der Waals surface area contributed by atoms with Gasteiger partial charge in [0.2, 0.25) is 11.1 Å². The topological polar surface area (TPSA) is 70.7 Å². The molecular formula is C17H20N4OS. The van der Waals surface area contributed by atoms with Gasteiger partial charge in [-0.25, -0.2) is 4.98 Å². The number of aromatic nitrogens is 3. The van der Waals surface area contributed by atoms with Gasteiger partial charge in [0.15, 0.2) is 5.82 Å². The molecule has 120 valence electrons. The molecule has 3 unspecified atom stereocenters. The zero-order valence-electron chi connectivity index (χ0n) is 12.9. The van der Waals surface area contributed by atoms with Crippen molar-refractivity contribution in [2.75, 3.05) is 5.75 Å². The lowest BCUT2D eigenvalue weighted by Crippen LogP contribution is -2.39. The molecule has 23 heavy (non-hydrogen) atoms. The summed E-state index contributed by atoms with van der Waals surface area (Å²) >= 11 is 1.38. The Hall–Kier alpha value is -1.82. The van der Waals surface area contributed by atoms with E-state index in [9.17, 15) is 4.79 Å². The van der Waals surface area contributed by atoms with Crippen LogP contribution in [0.2, 0.25) is 0 Å². The lowest BCUT2D eigenvalue weighted by Gasteiger charge is -2.22. The molecule has 2 aliphatic rings. The molecule has 2 fully saturated rings. The largest absolute Gasteiger partial charge is 0.352 e. The maximum absolute atomic E-state index is 12.1. The van der Waals surface area contributed by atoms with Crippen LogP contribution in [0.1, 0.15) is 25.7 Å². The van der Waals surface area contributed by atoms with Gasteiger partial charge in [-0.3, -0.25) is 9.89 Å². The van der Waals surface area contributed by atoms with Gasteiger partial charge in [0.05, 0.1) is 5.75 Å². The minimum atomic E-state index is 0.0959. The van der Waals surface area contributed by atoms with Crippen molar-refractivity contribution in [1.82, 2.24) is 20.5 Å². The summed E-state index contributed by atoms with van der Waals surface area (Å²) in [4.78, 5) is 16.6. The lowest BCUT2D eigenvalue weighted by atomic mass is 9.95. The predicted octanol–water partition coefficient (Wildman–Crippen LogP) is 2.87. The molecule has 6 heteroatoms. The van der Waals surface area contributed by atoms with Crippen LogP contribution in [0.3, 0.4) is 0 Å². The van der Waals surface area contributed by atoms with Gasteiger partial charge in [0, 0.05) is 11.6 Å². The fraction of sp³-hybridized carbons (Fsp3) is 0.471. The SMILES string of the molecule is O=C(CSc1n[nH]c(-c2ccccc2)n1)NC1CC2CCC1C2. The number of nitrogens with zero attached hydrogens (tertiary/aromatic N) is 2. The number of H-pyrrole nitrogens is 1. The first-order valence-electron chi connectivity index (χ1n) is 8.18. The van der Waals surface area contributed by atoms with E-state index in [4.69, 9.17) is 0 Å². The lowest BCUT2D eigenvalue weighted by molar-refractivity contribution is -0.119. The van der Waals surface area contributed by atoms with E-state index in [1.165, 1.54) is 37.4 Å². The molecular weight excluding hydrogens is 308 g/mol. The summed E-state index contributed by atoms with van der Waals surface area (Å²) in [5.74, 6) is 2.77. The number of carbonyl (C=O) groups is 1. The molecule has 5 nitrogen and oxygen atoms in total. The van der Waals surface area contributed by atoms with Crippen LogP contribution in [-0.4, -0.2) is 32.9 Å². The highest BCUT2D eigenvalue weighted by molar-refractivity contribution is 7.99. The van der Waals surface area contributed by atoms with Crippen LogP contribution >= 0.6 is 11.8 Å². The average Bonchev–Trinajstić information content (AvgIpc) is 3.30. The molecule has 1 heterocycles. The van der Waals surface area contributed by atoms with Crippen molar-refractivity contribution in [2.24, 2.45) is 11.8 Å². The summed E-state index contributed by atoms with van der Waals surface area (Å²) in [6.07, 6.45) is 5.11. The van der Waals surface area contributed by atoms with E-state index in [0.717, 1.165) is 17.3 Å². The second-order valence-corrected chi connectivity index (χ2v) is 7.41. The number of carbonyl (C=O) groups excluding carboxylic acids is 1. The second-order valence-electron chi connectivity index (χ2n) is 6.47. The molecule has 1 amide bonds. The molecule has 2 N–H and O–H groups in total. The Balaban J connectivity index is 1.29. The summed E-state index contributed by atoms with van der Waals surface area (Å²) < 4.78 is 0.